The number of fused-ring (bicyclic) bond motifs is 1. The molecule has 0 aromatic heterocycles. The van der Waals surface area contributed by atoms with Crippen LogP contribution in [0.3, 0.4) is 0 Å². The summed E-state index contributed by atoms with van der Waals surface area (Å²) in [5.41, 5.74) is 2.76. The number of carbonyl (C=O) groups excluding carboxylic acids is 1. The van der Waals surface area contributed by atoms with E-state index in [0.717, 1.165) is 51.2 Å². The SMILES string of the molecule is CC(=O)CN1CC(c2ccc3c(c2)CCO3)CC1CCC1CCCCO1.CCCCC.CCCCC. The standard InChI is InChI=1S/C22H31NO3.2C5H12/c1-16(24)14-23-15-19(17-5-8-22-18(12-17)9-11-26-22)13-20(23)6-7-21-4-2-3-10-25-21;2*1-3-5-4-2/h5,8,12,19-21H,2-4,6-7,9-11,13-15H2,1H3;2*3-5H2,1-2H3. The number of hydrogen-bond acceptors (Lipinski definition) is 4. The Hall–Kier alpha value is -1.39. The van der Waals surface area contributed by atoms with Crippen LogP contribution in [0.2, 0.25) is 0 Å². The highest BCUT2D eigenvalue weighted by atomic mass is 16.5. The molecular weight excluding hydrogens is 446 g/mol. The molecule has 2 fully saturated rings. The summed E-state index contributed by atoms with van der Waals surface area (Å²) in [5.74, 6) is 1.85. The van der Waals surface area contributed by atoms with Gasteiger partial charge in [-0.2, -0.15) is 0 Å². The van der Waals surface area contributed by atoms with Gasteiger partial charge in [0.2, 0.25) is 0 Å². The van der Waals surface area contributed by atoms with Crippen LogP contribution in [-0.4, -0.2) is 49.1 Å². The van der Waals surface area contributed by atoms with E-state index in [2.05, 4.69) is 50.8 Å². The average molecular weight is 502 g/mol. The molecule has 206 valence electrons. The summed E-state index contributed by atoms with van der Waals surface area (Å²) in [6.45, 7) is 13.9. The predicted octanol–water partition coefficient (Wildman–Crippen LogP) is 8.11. The van der Waals surface area contributed by atoms with Crippen LogP contribution in [0.4, 0.5) is 0 Å². The maximum absolute atomic E-state index is 11.8. The van der Waals surface area contributed by atoms with Crippen LogP contribution in [0.1, 0.15) is 129 Å². The van der Waals surface area contributed by atoms with Crippen molar-refractivity contribution in [3.63, 3.8) is 0 Å². The van der Waals surface area contributed by atoms with Gasteiger partial charge in [0.05, 0.1) is 19.3 Å². The number of rotatable bonds is 10. The molecule has 4 nitrogen and oxygen atoms in total. The predicted molar refractivity (Wildman–Crippen MR) is 152 cm³/mol. The van der Waals surface area contributed by atoms with Gasteiger partial charge in [0.25, 0.3) is 0 Å². The van der Waals surface area contributed by atoms with E-state index in [1.165, 1.54) is 68.9 Å². The fourth-order valence-corrected chi connectivity index (χ4v) is 5.59. The van der Waals surface area contributed by atoms with Gasteiger partial charge in [-0.05, 0) is 68.6 Å². The number of likely N-dealkylation sites (tertiary alicyclic amines) is 1. The molecule has 3 aliphatic heterocycles. The molecule has 0 saturated carbocycles. The van der Waals surface area contributed by atoms with E-state index < -0.39 is 0 Å². The molecule has 0 amide bonds. The number of ketones is 1. The maximum Gasteiger partial charge on any atom is 0.143 e. The third-order valence-corrected chi connectivity index (χ3v) is 7.65. The fourth-order valence-electron chi connectivity index (χ4n) is 5.59. The van der Waals surface area contributed by atoms with E-state index in [1.54, 1.807) is 6.92 Å². The summed E-state index contributed by atoms with van der Waals surface area (Å²) >= 11 is 0. The Bertz CT molecular complexity index is 718. The molecule has 36 heavy (non-hydrogen) atoms. The molecule has 0 radical (unpaired) electrons. The summed E-state index contributed by atoms with van der Waals surface area (Å²) in [6, 6.07) is 7.20. The highest BCUT2D eigenvalue weighted by molar-refractivity contribution is 5.77. The van der Waals surface area contributed by atoms with E-state index in [4.69, 9.17) is 9.47 Å². The number of ether oxygens (including phenoxy) is 2. The lowest BCUT2D eigenvalue weighted by atomic mass is 9.92. The molecule has 3 unspecified atom stereocenters. The first-order valence-electron chi connectivity index (χ1n) is 15.1. The van der Waals surface area contributed by atoms with Crippen LogP contribution in [0.25, 0.3) is 0 Å². The first kappa shape index (κ1) is 30.8. The minimum Gasteiger partial charge on any atom is -0.493 e. The largest absolute Gasteiger partial charge is 0.493 e. The zero-order valence-corrected chi connectivity index (χ0v) is 24.2. The van der Waals surface area contributed by atoms with Gasteiger partial charge in [-0.3, -0.25) is 9.69 Å². The van der Waals surface area contributed by atoms with Gasteiger partial charge in [-0.1, -0.05) is 78.4 Å². The summed E-state index contributed by atoms with van der Waals surface area (Å²) in [4.78, 5) is 14.2. The molecule has 4 heteroatoms. The Morgan fingerprint density at radius 1 is 0.972 bits per heavy atom. The lowest BCUT2D eigenvalue weighted by Gasteiger charge is -2.27. The number of nitrogens with zero attached hydrogens (tertiary/aromatic N) is 1. The Morgan fingerprint density at radius 2 is 1.69 bits per heavy atom. The van der Waals surface area contributed by atoms with Gasteiger partial charge in [-0.25, -0.2) is 0 Å². The summed E-state index contributed by atoms with van der Waals surface area (Å²) in [5, 5.41) is 0. The smallest absolute Gasteiger partial charge is 0.143 e. The lowest BCUT2D eigenvalue weighted by molar-refractivity contribution is -0.118. The molecular formula is C32H55NO3. The lowest BCUT2D eigenvalue weighted by Crippen LogP contribution is -2.34. The van der Waals surface area contributed by atoms with Gasteiger partial charge in [0, 0.05) is 25.6 Å². The number of benzene rings is 1. The molecule has 4 rings (SSSR count). The van der Waals surface area contributed by atoms with Crippen LogP contribution in [-0.2, 0) is 16.0 Å². The zero-order valence-electron chi connectivity index (χ0n) is 24.2. The summed E-state index contributed by atoms with van der Waals surface area (Å²) in [7, 11) is 0. The van der Waals surface area contributed by atoms with Crippen molar-refractivity contribution in [3.05, 3.63) is 29.3 Å². The Balaban J connectivity index is 0.000000389. The van der Waals surface area contributed by atoms with Crippen molar-refractivity contribution < 1.29 is 14.3 Å². The van der Waals surface area contributed by atoms with Crippen molar-refractivity contribution in [1.29, 1.82) is 0 Å². The number of unbranched alkanes of at least 4 members (excludes halogenated alkanes) is 4. The Labute approximate surface area is 222 Å². The normalized spacial score (nSPS) is 23.1. The molecule has 3 atom stereocenters. The second-order valence-corrected chi connectivity index (χ2v) is 11.0. The third-order valence-electron chi connectivity index (χ3n) is 7.65. The number of hydrogen-bond donors (Lipinski definition) is 0. The van der Waals surface area contributed by atoms with Crippen molar-refractivity contribution in [2.24, 2.45) is 0 Å². The van der Waals surface area contributed by atoms with Gasteiger partial charge in [0.1, 0.15) is 11.5 Å². The molecule has 1 aromatic carbocycles. The second kappa shape index (κ2) is 18.0. The highest BCUT2D eigenvalue weighted by Crippen LogP contribution is 2.37. The monoisotopic (exact) mass is 501 g/mol. The second-order valence-electron chi connectivity index (χ2n) is 11.0. The minimum absolute atomic E-state index is 0.270. The molecule has 0 bridgehead atoms. The van der Waals surface area contributed by atoms with Crippen LogP contribution >= 0.6 is 0 Å². The van der Waals surface area contributed by atoms with Gasteiger partial charge >= 0.3 is 0 Å². The molecule has 3 aliphatic rings. The number of Topliss-reactive ketones (excluding diaryl/α,β-unsaturated/α-hetero) is 1. The quantitative estimate of drug-likeness (QED) is 0.324. The van der Waals surface area contributed by atoms with Crippen molar-refractivity contribution in [3.8, 4) is 5.75 Å². The van der Waals surface area contributed by atoms with Crippen LogP contribution in [0.15, 0.2) is 18.2 Å². The fraction of sp³-hybridized carbons (Fsp3) is 0.781. The molecule has 0 N–H and O–H groups in total. The third kappa shape index (κ3) is 10.9. The van der Waals surface area contributed by atoms with Gasteiger partial charge in [-0.15, -0.1) is 0 Å². The summed E-state index contributed by atoms with van der Waals surface area (Å²) < 4.78 is 11.6. The number of carbonyl (C=O) groups is 1. The Kier molecular flexibility index (Phi) is 15.4. The van der Waals surface area contributed by atoms with Crippen LogP contribution in [0, 0.1) is 0 Å². The van der Waals surface area contributed by atoms with Crippen LogP contribution < -0.4 is 4.74 Å². The van der Waals surface area contributed by atoms with Crippen LogP contribution in [0.5, 0.6) is 5.75 Å². The first-order valence-corrected chi connectivity index (χ1v) is 15.1. The highest BCUT2D eigenvalue weighted by Gasteiger charge is 2.34. The van der Waals surface area contributed by atoms with E-state index >= 15 is 0 Å². The van der Waals surface area contributed by atoms with Crippen molar-refractivity contribution in [2.45, 2.75) is 136 Å². The van der Waals surface area contributed by atoms with E-state index in [1.807, 2.05) is 0 Å². The average Bonchev–Trinajstić information content (AvgIpc) is 3.51. The van der Waals surface area contributed by atoms with E-state index in [9.17, 15) is 4.79 Å². The topological polar surface area (TPSA) is 38.8 Å². The molecule has 0 spiro atoms. The zero-order chi connectivity index (χ0) is 26.2. The minimum atomic E-state index is 0.270. The molecule has 1 aromatic rings. The van der Waals surface area contributed by atoms with Crippen molar-refractivity contribution >= 4 is 5.78 Å². The molecule has 2 saturated heterocycles. The van der Waals surface area contributed by atoms with E-state index in [-0.39, 0.29) is 5.78 Å². The van der Waals surface area contributed by atoms with Gasteiger partial charge in [0.15, 0.2) is 0 Å². The summed E-state index contributed by atoms with van der Waals surface area (Å²) in [6.07, 6.45) is 16.7. The molecule has 0 aliphatic carbocycles. The van der Waals surface area contributed by atoms with Crippen molar-refractivity contribution in [2.75, 3.05) is 26.3 Å². The Morgan fingerprint density at radius 3 is 2.28 bits per heavy atom. The van der Waals surface area contributed by atoms with E-state index in [0.29, 0.717) is 24.6 Å². The first-order chi connectivity index (χ1) is 17.5. The van der Waals surface area contributed by atoms with Gasteiger partial charge < -0.3 is 9.47 Å². The van der Waals surface area contributed by atoms with Crippen molar-refractivity contribution in [1.82, 2.24) is 4.90 Å². The molecule has 3 heterocycles. The maximum atomic E-state index is 11.8.